The molecule has 0 radical (unpaired) electrons. The maximum Gasteiger partial charge on any atom is 0.260 e. The summed E-state index contributed by atoms with van der Waals surface area (Å²) in [6.45, 7) is 9.81. The average Bonchev–Trinajstić information content (AvgIpc) is 3.26. The SMILES string of the molecule is CCCCn1c(CC)nc2c(N)nc3cc(OCC(=O)N4CCOCC4)ccc3c21.CCCO. The highest BCUT2D eigenvalue weighted by atomic mass is 16.5. The molecule has 0 saturated carbocycles. The number of hydrogen-bond donors (Lipinski definition) is 2. The number of aliphatic hydroxyl groups is 1. The zero-order valence-corrected chi connectivity index (χ0v) is 20.5. The minimum Gasteiger partial charge on any atom is -0.484 e. The molecule has 4 rings (SSSR count). The van der Waals surface area contributed by atoms with Crippen LogP contribution in [0.2, 0.25) is 0 Å². The van der Waals surface area contributed by atoms with Crippen LogP contribution in [0.3, 0.4) is 0 Å². The smallest absolute Gasteiger partial charge is 0.260 e. The predicted octanol–water partition coefficient (Wildman–Crippen LogP) is 3.16. The van der Waals surface area contributed by atoms with Crippen molar-refractivity contribution in [3.8, 4) is 5.75 Å². The van der Waals surface area contributed by atoms with Gasteiger partial charge in [0.15, 0.2) is 12.4 Å². The van der Waals surface area contributed by atoms with Gasteiger partial charge >= 0.3 is 0 Å². The molecular formula is C25H37N5O4. The van der Waals surface area contributed by atoms with Crippen molar-refractivity contribution in [2.24, 2.45) is 0 Å². The van der Waals surface area contributed by atoms with Crippen LogP contribution in [0.25, 0.3) is 21.9 Å². The first-order chi connectivity index (χ1) is 16.5. The standard InChI is InChI=1S/C22H29N5O3.C3H8O/c1-3-5-8-27-18(4-2)25-20-21(27)16-7-6-15(13-17(16)24-22(20)23)30-14-19(28)26-9-11-29-12-10-26;1-2-3-4/h6-7,13H,3-5,8-12,14H2,1-2H3,(H2,23,24);4H,2-3H2,1H3. The molecule has 1 amide bonds. The molecule has 2 aromatic heterocycles. The highest BCUT2D eigenvalue weighted by Gasteiger charge is 2.19. The van der Waals surface area contributed by atoms with E-state index in [1.165, 1.54) is 0 Å². The van der Waals surface area contributed by atoms with Gasteiger partial charge in [-0.2, -0.15) is 0 Å². The molecule has 1 aliphatic rings. The number of fused-ring (bicyclic) bond motifs is 3. The van der Waals surface area contributed by atoms with Crippen molar-refractivity contribution in [1.82, 2.24) is 19.4 Å². The van der Waals surface area contributed by atoms with Crippen LogP contribution in [0.1, 0.15) is 45.9 Å². The van der Waals surface area contributed by atoms with Crippen molar-refractivity contribution in [2.45, 2.75) is 53.0 Å². The third-order valence-corrected chi connectivity index (χ3v) is 5.76. The van der Waals surface area contributed by atoms with E-state index in [0.717, 1.165) is 60.0 Å². The van der Waals surface area contributed by atoms with Gasteiger partial charge in [0.2, 0.25) is 0 Å². The number of unbranched alkanes of at least 4 members (excludes halogenated alkanes) is 1. The molecular weight excluding hydrogens is 434 g/mol. The Bertz CT molecular complexity index is 1090. The molecule has 3 heterocycles. The maximum absolute atomic E-state index is 12.3. The monoisotopic (exact) mass is 471 g/mol. The number of anilines is 1. The number of nitrogen functional groups attached to an aromatic ring is 1. The summed E-state index contributed by atoms with van der Waals surface area (Å²) in [6, 6.07) is 5.72. The molecule has 0 unspecified atom stereocenters. The number of carbonyl (C=O) groups is 1. The highest BCUT2D eigenvalue weighted by molar-refractivity contribution is 6.07. The van der Waals surface area contributed by atoms with Crippen molar-refractivity contribution in [1.29, 1.82) is 0 Å². The predicted molar refractivity (Wildman–Crippen MR) is 134 cm³/mol. The van der Waals surface area contributed by atoms with Crippen LogP contribution < -0.4 is 10.5 Å². The lowest BCUT2D eigenvalue weighted by Crippen LogP contribution is -2.42. The lowest BCUT2D eigenvalue weighted by molar-refractivity contribution is -0.137. The van der Waals surface area contributed by atoms with Crippen molar-refractivity contribution < 1.29 is 19.4 Å². The van der Waals surface area contributed by atoms with Gasteiger partial charge in [0.05, 0.1) is 24.2 Å². The van der Waals surface area contributed by atoms with E-state index in [2.05, 4.69) is 23.4 Å². The van der Waals surface area contributed by atoms with E-state index >= 15 is 0 Å². The van der Waals surface area contributed by atoms with Gasteiger partial charge in [-0.3, -0.25) is 4.79 Å². The Hall–Kier alpha value is -2.91. The fourth-order valence-corrected chi connectivity index (χ4v) is 3.90. The fraction of sp³-hybridized carbons (Fsp3) is 0.560. The number of nitrogens with zero attached hydrogens (tertiary/aromatic N) is 4. The number of ether oxygens (including phenoxy) is 2. The number of aryl methyl sites for hydroxylation is 2. The van der Waals surface area contributed by atoms with Crippen molar-refractivity contribution >= 4 is 33.7 Å². The quantitative estimate of drug-likeness (QED) is 0.518. The van der Waals surface area contributed by atoms with Crippen LogP contribution in [0.5, 0.6) is 5.75 Å². The van der Waals surface area contributed by atoms with Gasteiger partial charge in [-0.05, 0) is 25.0 Å². The molecule has 9 heteroatoms. The molecule has 0 spiro atoms. The van der Waals surface area contributed by atoms with E-state index in [0.29, 0.717) is 44.5 Å². The first-order valence-corrected chi connectivity index (χ1v) is 12.2. The van der Waals surface area contributed by atoms with E-state index < -0.39 is 0 Å². The molecule has 0 atom stereocenters. The molecule has 3 aromatic rings. The topological polar surface area (TPSA) is 116 Å². The number of amides is 1. The second kappa shape index (κ2) is 12.5. The van der Waals surface area contributed by atoms with Crippen LogP contribution >= 0.6 is 0 Å². The Labute approximate surface area is 200 Å². The maximum atomic E-state index is 12.3. The number of rotatable bonds is 8. The zero-order valence-electron chi connectivity index (χ0n) is 20.5. The number of morpholine rings is 1. The Morgan fingerprint density at radius 3 is 2.56 bits per heavy atom. The summed E-state index contributed by atoms with van der Waals surface area (Å²) in [4.78, 5) is 23.4. The fourth-order valence-electron chi connectivity index (χ4n) is 3.90. The molecule has 9 nitrogen and oxygen atoms in total. The molecule has 1 saturated heterocycles. The second-order valence-electron chi connectivity index (χ2n) is 8.27. The van der Waals surface area contributed by atoms with Gasteiger partial charge in [0.25, 0.3) is 5.91 Å². The summed E-state index contributed by atoms with van der Waals surface area (Å²) >= 11 is 0. The number of pyridine rings is 1. The zero-order chi connectivity index (χ0) is 24.5. The first-order valence-electron chi connectivity index (χ1n) is 12.2. The molecule has 1 aliphatic heterocycles. The van der Waals surface area contributed by atoms with Crippen LogP contribution in [0, 0.1) is 0 Å². The Kier molecular flexibility index (Phi) is 9.47. The average molecular weight is 472 g/mol. The van der Waals surface area contributed by atoms with Gasteiger partial charge < -0.3 is 29.8 Å². The third kappa shape index (κ3) is 5.95. The van der Waals surface area contributed by atoms with Crippen molar-refractivity contribution in [3.05, 3.63) is 24.0 Å². The number of carbonyl (C=O) groups excluding carboxylic acids is 1. The second-order valence-corrected chi connectivity index (χ2v) is 8.27. The molecule has 34 heavy (non-hydrogen) atoms. The molecule has 186 valence electrons. The summed E-state index contributed by atoms with van der Waals surface area (Å²) in [5, 5.41) is 8.87. The molecule has 1 fully saturated rings. The Morgan fingerprint density at radius 1 is 1.18 bits per heavy atom. The number of nitrogens with two attached hydrogens (primary N) is 1. The number of hydrogen-bond acceptors (Lipinski definition) is 7. The molecule has 1 aromatic carbocycles. The van der Waals surface area contributed by atoms with Crippen molar-refractivity contribution in [3.63, 3.8) is 0 Å². The summed E-state index contributed by atoms with van der Waals surface area (Å²) < 4.78 is 13.3. The van der Waals surface area contributed by atoms with Crippen LogP contribution in [0.4, 0.5) is 5.82 Å². The number of benzene rings is 1. The Balaban J connectivity index is 0.000000751. The van der Waals surface area contributed by atoms with E-state index in [4.69, 9.17) is 25.3 Å². The van der Waals surface area contributed by atoms with Gasteiger partial charge in [0, 0.05) is 44.1 Å². The lowest BCUT2D eigenvalue weighted by atomic mass is 10.1. The first kappa shape index (κ1) is 25.7. The minimum atomic E-state index is -0.0356. The van der Waals surface area contributed by atoms with E-state index in [9.17, 15) is 4.79 Å². The number of aliphatic hydroxyl groups excluding tert-OH is 1. The van der Waals surface area contributed by atoms with Crippen LogP contribution in [-0.2, 0) is 22.5 Å². The van der Waals surface area contributed by atoms with E-state index in [-0.39, 0.29) is 12.5 Å². The highest BCUT2D eigenvalue weighted by Crippen LogP contribution is 2.31. The van der Waals surface area contributed by atoms with Gasteiger partial charge in [0.1, 0.15) is 17.1 Å². The molecule has 0 aliphatic carbocycles. The summed E-state index contributed by atoms with van der Waals surface area (Å²) in [5.74, 6) is 2.01. The normalized spacial score (nSPS) is 13.7. The van der Waals surface area contributed by atoms with Crippen molar-refractivity contribution in [2.75, 3.05) is 45.3 Å². The van der Waals surface area contributed by atoms with Gasteiger partial charge in [-0.1, -0.05) is 27.2 Å². The van der Waals surface area contributed by atoms with E-state index in [1.54, 1.807) is 4.90 Å². The molecule has 0 bridgehead atoms. The number of imidazole rings is 1. The Morgan fingerprint density at radius 2 is 1.91 bits per heavy atom. The summed E-state index contributed by atoms with van der Waals surface area (Å²) in [5.41, 5.74) is 8.79. The minimum absolute atomic E-state index is 0.00233. The van der Waals surface area contributed by atoms with Gasteiger partial charge in [-0.25, -0.2) is 9.97 Å². The number of aromatic nitrogens is 3. The van der Waals surface area contributed by atoms with Gasteiger partial charge in [-0.15, -0.1) is 0 Å². The van der Waals surface area contributed by atoms with E-state index in [1.807, 2.05) is 25.1 Å². The largest absolute Gasteiger partial charge is 0.484 e. The molecule has 3 N–H and O–H groups in total. The van der Waals surface area contributed by atoms with Crippen LogP contribution in [0.15, 0.2) is 18.2 Å². The lowest BCUT2D eigenvalue weighted by Gasteiger charge is -2.26. The van der Waals surface area contributed by atoms with Crippen LogP contribution in [-0.4, -0.2) is 70.0 Å². The summed E-state index contributed by atoms with van der Waals surface area (Å²) in [7, 11) is 0. The third-order valence-electron chi connectivity index (χ3n) is 5.76. The summed E-state index contributed by atoms with van der Waals surface area (Å²) in [6.07, 6.45) is 3.90.